The highest BCUT2D eigenvalue weighted by Gasteiger charge is 2.29. The first-order valence-electron chi connectivity index (χ1n) is 21.9. The Morgan fingerprint density at radius 3 is 2.41 bits per heavy atom. The van der Waals surface area contributed by atoms with Crippen molar-refractivity contribution < 1.29 is 24.2 Å². The minimum absolute atomic E-state index is 0.130. The molecule has 5 aromatic rings. The second kappa shape index (κ2) is 20.0. The number of fused-ring (bicyclic) bond motifs is 6. The van der Waals surface area contributed by atoms with Crippen molar-refractivity contribution in [3.8, 4) is 16.9 Å². The van der Waals surface area contributed by atoms with Gasteiger partial charge >= 0.3 is 6.09 Å². The SMILES string of the molecule is C/C=C(\N/C(CN(C(=O)C[C@@H](C)CC)[C@@H](C)CC)=C(\C)CC)c1ccc2c(c1)COc1cc3c(ccc4[nH]c(CN(CCC)C(=O)[C@H](NC(=O)O)c5ccccc5)nc43)cc1-2. The van der Waals surface area contributed by atoms with Crippen molar-refractivity contribution in [1.29, 1.82) is 0 Å². The van der Waals surface area contributed by atoms with Crippen molar-refractivity contribution in [2.45, 2.75) is 113 Å². The second-order valence-corrected chi connectivity index (χ2v) is 16.4. The third-order valence-corrected chi connectivity index (χ3v) is 12.1. The van der Waals surface area contributed by atoms with Crippen LogP contribution in [0.25, 0.3) is 38.6 Å². The van der Waals surface area contributed by atoms with Gasteiger partial charge in [0.05, 0.1) is 24.1 Å². The molecule has 0 saturated heterocycles. The molecule has 0 fully saturated rings. The van der Waals surface area contributed by atoms with E-state index in [9.17, 15) is 19.5 Å². The first kappa shape index (κ1) is 44.5. The molecule has 0 unspecified atom stereocenters. The minimum atomic E-state index is -1.27. The van der Waals surface area contributed by atoms with E-state index in [1.54, 1.807) is 29.2 Å². The number of carboxylic acid groups (broad SMARTS) is 1. The molecule has 4 aromatic carbocycles. The Kier molecular flexibility index (Phi) is 14.6. The van der Waals surface area contributed by atoms with Crippen LogP contribution in [0.3, 0.4) is 0 Å². The Morgan fingerprint density at radius 1 is 0.967 bits per heavy atom. The van der Waals surface area contributed by atoms with Gasteiger partial charge in [0.25, 0.3) is 0 Å². The summed E-state index contributed by atoms with van der Waals surface area (Å²) in [6, 6.07) is 22.8. The Balaban J connectivity index is 1.26. The van der Waals surface area contributed by atoms with Crippen LogP contribution in [0, 0.1) is 5.92 Å². The van der Waals surface area contributed by atoms with Gasteiger partial charge in [-0.3, -0.25) is 9.59 Å². The summed E-state index contributed by atoms with van der Waals surface area (Å²) in [5.74, 6) is 1.59. The summed E-state index contributed by atoms with van der Waals surface area (Å²) in [6.45, 7) is 18.5. The van der Waals surface area contributed by atoms with E-state index < -0.39 is 12.1 Å². The number of aromatic amines is 1. The molecule has 11 nitrogen and oxygen atoms in total. The highest BCUT2D eigenvalue weighted by molar-refractivity contribution is 6.07. The first-order chi connectivity index (χ1) is 29.4. The molecule has 0 saturated carbocycles. The van der Waals surface area contributed by atoms with E-state index in [-0.39, 0.29) is 24.4 Å². The second-order valence-electron chi connectivity index (χ2n) is 16.4. The van der Waals surface area contributed by atoms with Crippen LogP contribution in [0.4, 0.5) is 4.79 Å². The summed E-state index contributed by atoms with van der Waals surface area (Å²) in [4.78, 5) is 51.3. The van der Waals surface area contributed by atoms with Crippen molar-refractivity contribution >= 4 is 45.4 Å². The molecule has 322 valence electrons. The van der Waals surface area contributed by atoms with Crippen LogP contribution < -0.4 is 15.4 Å². The molecule has 0 aliphatic carbocycles. The van der Waals surface area contributed by atoms with E-state index in [0.29, 0.717) is 49.8 Å². The number of carbonyl (C=O) groups excluding carboxylic acids is 2. The fourth-order valence-corrected chi connectivity index (χ4v) is 7.95. The van der Waals surface area contributed by atoms with Gasteiger partial charge in [-0.2, -0.15) is 0 Å². The molecule has 0 radical (unpaired) electrons. The van der Waals surface area contributed by atoms with Crippen molar-refractivity contribution in [2.24, 2.45) is 5.92 Å². The molecular weight excluding hydrogens is 765 g/mol. The molecule has 3 amide bonds. The molecule has 3 atom stereocenters. The number of carbonyl (C=O) groups is 3. The number of benzene rings is 4. The van der Waals surface area contributed by atoms with Crippen LogP contribution >= 0.6 is 0 Å². The number of aromatic nitrogens is 2. The van der Waals surface area contributed by atoms with E-state index in [0.717, 1.165) is 80.5 Å². The van der Waals surface area contributed by atoms with Gasteiger partial charge in [-0.15, -0.1) is 0 Å². The van der Waals surface area contributed by atoms with Gasteiger partial charge in [0, 0.05) is 41.4 Å². The largest absolute Gasteiger partial charge is 0.488 e. The molecular formula is C50H62N6O5. The van der Waals surface area contributed by atoms with Gasteiger partial charge < -0.3 is 35.3 Å². The predicted molar refractivity (Wildman–Crippen MR) is 245 cm³/mol. The quantitative estimate of drug-likeness (QED) is 0.0689. The van der Waals surface area contributed by atoms with Crippen LogP contribution in [0.15, 0.2) is 90.1 Å². The lowest BCUT2D eigenvalue weighted by Crippen LogP contribution is -2.42. The van der Waals surface area contributed by atoms with Crippen molar-refractivity contribution in [2.75, 3.05) is 13.1 Å². The third-order valence-electron chi connectivity index (χ3n) is 12.1. The number of nitrogens with one attached hydrogen (secondary N) is 3. The lowest BCUT2D eigenvalue weighted by atomic mass is 9.92. The monoisotopic (exact) mass is 826 g/mol. The number of amides is 3. The molecule has 0 spiro atoms. The molecule has 61 heavy (non-hydrogen) atoms. The summed E-state index contributed by atoms with van der Waals surface area (Å²) < 4.78 is 6.47. The van der Waals surface area contributed by atoms with Crippen molar-refractivity contribution in [3.63, 3.8) is 0 Å². The maximum absolute atomic E-state index is 13.9. The minimum Gasteiger partial charge on any atom is -0.488 e. The predicted octanol–water partition coefficient (Wildman–Crippen LogP) is 10.7. The van der Waals surface area contributed by atoms with E-state index >= 15 is 0 Å². The number of rotatable bonds is 18. The van der Waals surface area contributed by atoms with Crippen molar-refractivity contribution in [3.05, 3.63) is 113 Å². The number of nitrogens with zero attached hydrogens (tertiary/aromatic N) is 3. The number of allylic oxidation sites excluding steroid dienone is 2. The standard InChI is InChI=1S/C50H62N6O5/c1-9-23-55(49(58)47(54-50(59)60)34-17-15-14-16-18-34)29-45-52-42-22-20-35-26-40-38-21-19-36(25-37(38)30-61-44(40)27-39(35)48(42)53-45)41(13-5)51-43(32(7)11-3)28-56(33(8)12-4)46(57)24-31(6)10-2/h13-22,25-27,31,33,47,51,54H,9-12,23-24,28-30H2,1-8H3,(H,52,53)(H,59,60)/b41-13-,43-32+/t31-,33-,47+/m0/s1. The summed E-state index contributed by atoms with van der Waals surface area (Å²) in [7, 11) is 0. The summed E-state index contributed by atoms with van der Waals surface area (Å²) in [6.07, 6.45) is 4.82. The Bertz CT molecular complexity index is 2440. The normalized spacial score (nSPS) is 14.3. The highest BCUT2D eigenvalue weighted by Crippen LogP contribution is 2.42. The molecule has 11 heteroatoms. The third kappa shape index (κ3) is 10.1. The zero-order chi connectivity index (χ0) is 43.8. The van der Waals surface area contributed by atoms with Gasteiger partial charge in [-0.1, -0.05) is 101 Å². The van der Waals surface area contributed by atoms with Gasteiger partial charge in [-0.05, 0) is 97.9 Å². The number of imidazole rings is 1. The van der Waals surface area contributed by atoms with E-state index in [2.05, 4.69) is 99.6 Å². The molecule has 6 rings (SSSR count). The zero-order valence-electron chi connectivity index (χ0n) is 37.0. The van der Waals surface area contributed by atoms with E-state index in [1.807, 2.05) is 30.9 Å². The molecule has 1 aliphatic rings. The molecule has 4 N–H and O–H groups in total. The number of hydrogen-bond donors (Lipinski definition) is 4. The smallest absolute Gasteiger partial charge is 0.405 e. The Labute approximate surface area is 360 Å². The van der Waals surface area contributed by atoms with Crippen LogP contribution in [0.5, 0.6) is 5.75 Å². The fraction of sp³-hybridized carbons (Fsp3) is 0.400. The fourth-order valence-electron chi connectivity index (χ4n) is 7.95. The zero-order valence-corrected chi connectivity index (χ0v) is 37.0. The van der Waals surface area contributed by atoms with Gasteiger partial charge in [0.15, 0.2) is 0 Å². The highest BCUT2D eigenvalue weighted by atomic mass is 16.5. The topological polar surface area (TPSA) is 140 Å². The summed E-state index contributed by atoms with van der Waals surface area (Å²) in [5.41, 5.74) is 9.70. The van der Waals surface area contributed by atoms with Crippen LogP contribution in [0.2, 0.25) is 0 Å². The molecule has 2 heterocycles. The Hall–Kier alpha value is -6.10. The lowest BCUT2D eigenvalue weighted by molar-refractivity contribution is -0.134. The number of H-pyrrole nitrogens is 1. The average molecular weight is 827 g/mol. The number of ether oxygens (including phenoxy) is 1. The van der Waals surface area contributed by atoms with E-state index in [1.165, 1.54) is 5.57 Å². The molecule has 1 aliphatic heterocycles. The Morgan fingerprint density at radius 2 is 1.74 bits per heavy atom. The lowest BCUT2D eigenvalue weighted by Gasteiger charge is -2.32. The van der Waals surface area contributed by atoms with Crippen LogP contribution in [0.1, 0.15) is 116 Å². The van der Waals surface area contributed by atoms with Gasteiger partial charge in [0.2, 0.25) is 11.8 Å². The molecule has 1 aromatic heterocycles. The number of hydrogen-bond acceptors (Lipinski definition) is 6. The van der Waals surface area contributed by atoms with Gasteiger partial charge in [-0.25, -0.2) is 9.78 Å². The summed E-state index contributed by atoms with van der Waals surface area (Å²) >= 11 is 0. The summed E-state index contributed by atoms with van der Waals surface area (Å²) in [5, 5.41) is 17.7. The van der Waals surface area contributed by atoms with Crippen LogP contribution in [-0.4, -0.2) is 61.9 Å². The first-order valence-corrected chi connectivity index (χ1v) is 21.9. The molecule has 0 bridgehead atoms. The van der Waals surface area contributed by atoms with Gasteiger partial charge in [0.1, 0.15) is 24.2 Å². The average Bonchev–Trinajstić information content (AvgIpc) is 3.70. The maximum atomic E-state index is 13.9. The van der Waals surface area contributed by atoms with E-state index in [4.69, 9.17) is 9.72 Å². The van der Waals surface area contributed by atoms with Crippen molar-refractivity contribution in [1.82, 2.24) is 30.4 Å². The van der Waals surface area contributed by atoms with Crippen LogP contribution in [-0.2, 0) is 22.7 Å². The maximum Gasteiger partial charge on any atom is 0.405 e.